The standard InChI is InChI=1S/C15H17NO4S/c1-18-12-7-10(8-13(19-2)14(12)20-3)15(17)16-9-11-5-4-6-21-11/h4-8H,9H2,1-3H3,(H,16,17). The maximum Gasteiger partial charge on any atom is 0.251 e. The van der Waals surface area contributed by atoms with Gasteiger partial charge in [0.05, 0.1) is 27.9 Å². The minimum absolute atomic E-state index is 0.192. The Labute approximate surface area is 127 Å². The topological polar surface area (TPSA) is 56.8 Å². The third-order valence-corrected chi connectivity index (χ3v) is 3.81. The van der Waals surface area contributed by atoms with Gasteiger partial charge in [0.25, 0.3) is 5.91 Å². The van der Waals surface area contributed by atoms with Crippen LogP contribution >= 0.6 is 11.3 Å². The molecule has 1 N–H and O–H groups in total. The van der Waals surface area contributed by atoms with Crippen molar-refractivity contribution in [3.05, 3.63) is 40.1 Å². The second-order valence-corrected chi connectivity index (χ2v) is 5.21. The van der Waals surface area contributed by atoms with Crippen molar-refractivity contribution in [1.82, 2.24) is 5.32 Å². The maximum atomic E-state index is 12.2. The molecule has 0 atom stereocenters. The van der Waals surface area contributed by atoms with Crippen LogP contribution in [0.5, 0.6) is 17.2 Å². The van der Waals surface area contributed by atoms with Crippen molar-refractivity contribution in [3.8, 4) is 17.2 Å². The van der Waals surface area contributed by atoms with Crippen molar-refractivity contribution in [3.63, 3.8) is 0 Å². The summed E-state index contributed by atoms with van der Waals surface area (Å²) in [6.45, 7) is 0.493. The van der Waals surface area contributed by atoms with Gasteiger partial charge >= 0.3 is 0 Å². The van der Waals surface area contributed by atoms with Gasteiger partial charge in [-0.05, 0) is 23.6 Å². The Kier molecular flexibility index (Phi) is 5.05. The number of rotatable bonds is 6. The molecule has 0 aliphatic carbocycles. The van der Waals surface area contributed by atoms with Gasteiger partial charge in [-0.15, -0.1) is 11.3 Å². The number of methoxy groups -OCH3 is 3. The van der Waals surface area contributed by atoms with E-state index in [1.165, 1.54) is 21.3 Å². The lowest BCUT2D eigenvalue weighted by Gasteiger charge is -2.14. The van der Waals surface area contributed by atoms with Gasteiger partial charge in [0, 0.05) is 10.4 Å². The molecular formula is C15H17NO4S. The van der Waals surface area contributed by atoms with Crippen LogP contribution in [0.2, 0.25) is 0 Å². The SMILES string of the molecule is COc1cc(C(=O)NCc2cccs2)cc(OC)c1OC. The maximum absolute atomic E-state index is 12.2. The lowest BCUT2D eigenvalue weighted by Crippen LogP contribution is -2.22. The number of carbonyl (C=O) groups is 1. The number of ether oxygens (including phenoxy) is 3. The van der Waals surface area contributed by atoms with Crippen LogP contribution in [-0.4, -0.2) is 27.2 Å². The molecule has 0 radical (unpaired) electrons. The van der Waals surface area contributed by atoms with E-state index in [0.717, 1.165) is 4.88 Å². The minimum atomic E-state index is -0.192. The van der Waals surface area contributed by atoms with Crippen LogP contribution in [0.3, 0.4) is 0 Å². The van der Waals surface area contributed by atoms with E-state index in [0.29, 0.717) is 29.4 Å². The van der Waals surface area contributed by atoms with Gasteiger partial charge in [0.1, 0.15) is 0 Å². The van der Waals surface area contributed by atoms with Gasteiger partial charge in [-0.1, -0.05) is 6.07 Å². The molecule has 6 heteroatoms. The number of thiophene rings is 1. The molecule has 0 spiro atoms. The Balaban J connectivity index is 2.20. The van der Waals surface area contributed by atoms with Gasteiger partial charge in [0.2, 0.25) is 5.75 Å². The summed E-state index contributed by atoms with van der Waals surface area (Å²) in [4.78, 5) is 13.3. The average Bonchev–Trinajstić information content (AvgIpc) is 3.04. The largest absolute Gasteiger partial charge is 0.493 e. The molecule has 0 aliphatic heterocycles. The Morgan fingerprint density at radius 2 is 1.81 bits per heavy atom. The Morgan fingerprint density at radius 1 is 1.14 bits per heavy atom. The molecule has 1 amide bonds. The number of hydrogen-bond donors (Lipinski definition) is 1. The third-order valence-electron chi connectivity index (χ3n) is 2.93. The predicted molar refractivity (Wildman–Crippen MR) is 81.6 cm³/mol. The van der Waals surface area contributed by atoms with E-state index in [1.54, 1.807) is 23.5 Å². The van der Waals surface area contributed by atoms with E-state index in [1.807, 2.05) is 17.5 Å². The second-order valence-electron chi connectivity index (χ2n) is 4.18. The van der Waals surface area contributed by atoms with Crippen molar-refractivity contribution in [1.29, 1.82) is 0 Å². The summed E-state index contributed by atoms with van der Waals surface area (Å²) >= 11 is 1.60. The fourth-order valence-corrected chi connectivity index (χ4v) is 2.54. The van der Waals surface area contributed by atoms with Crippen LogP contribution < -0.4 is 19.5 Å². The highest BCUT2D eigenvalue weighted by atomic mass is 32.1. The van der Waals surface area contributed by atoms with Crippen LogP contribution in [0.15, 0.2) is 29.6 Å². The molecule has 1 aromatic carbocycles. The molecule has 0 aliphatic rings. The Morgan fingerprint density at radius 3 is 2.29 bits per heavy atom. The molecule has 0 bridgehead atoms. The zero-order valence-corrected chi connectivity index (χ0v) is 13.0. The summed E-state index contributed by atoms with van der Waals surface area (Å²) in [5.41, 5.74) is 0.459. The Hall–Kier alpha value is -2.21. The van der Waals surface area contributed by atoms with Crippen molar-refractivity contribution in [2.45, 2.75) is 6.54 Å². The van der Waals surface area contributed by atoms with Crippen LogP contribution in [-0.2, 0) is 6.54 Å². The highest BCUT2D eigenvalue weighted by Crippen LogP contribution is 2.38. The second kappa shape index (κ2) is 6.99. The normalized spacial score (nSPS) is 10.0. The van der Waals surface area contributed by atoms with Gasteiger partial charge in [-0.3, -0.25) is 4.79 Å². The Bertz CT molecular complexity index is 585. The number of amides is 1. The molecule has 0 saturated heterocycles. The lowest BCUT2D eigenvalue weighted by molar-refractivity contribution is 0.0950. The monoisotopic (exact) mass is 307 g/mol. The van der Waals surface area contributed by atoms with E-state index in [2.05, 4.69) is 5.32 Å². The smallest absolute Gasteiger partial charge is 0.251 e. The van der Waals surface area contributed by atoms with Crippen LogP contribution in [0.1, 0.15) is 15.2 Å². The molecule has 1 heterocycles. The highest BCUT2D eigenvalue weighted by Gasteiger charge is 2.16. The molecule has 2 rings (SSSR count). The summed E-state index contributed by atoms with van der Waals surface area (Å²) in [6.07, 6.45) is 0. The molecule has 0 unspecified atom stereocenters. The molecule has 5 nitrogen and oxygen atoms in total. The number of benzene rings is 1. The zero-order chi connectivity index (χ0) is 15.2. The molecule has 112 valence electrons. The van der Waals surface area contributed by atoms with Crippen LogP contribution in [0.4, 0.5) is 0 Å². The first-order valence-electron chi connectivity index (χ1n) is 6.30. The molecular weight excluding hydrogens is 290 g/mol. The van der Waals surface area contributed by atoms with Crippen molar-refractivity contribution >= 4 is 17.2 Å². The van der Waals surface area contributed by atoms with Gasteiger partial charge in [-0.2, -0.15) is 0 Å². The fourth-order valence-electron chi connectivity index (χ4n) is 1.89. The molecule has 1 aromatic heterocycles. The third kappa shape index (κ3) is 3.46. The first kappa shape index (κ1) is 15.2. The number of carbonyl (C=O) groups excluding carboxylic acids is 1. The zero-order valence-electron chi connectivity index (χ0n) is 12.1. The summed E-state index contributed by atoms with van der Waals surface area (Å²) in [5.74, 6) is 1.19. The molecule has 2 aromatic rings. The summed E-state index contributed by atoms with van der Waals surface area (Å²) < 4.78 is 15.7. The molecule has 0 fully saturated rings. The fraction of sp³-hybridized carbons (Fsp3) is 0.267. The first-order chi connectivity index (χ1) is 10.2. The lowest BCUT2D eigenvalue weighted by atomic mass is 10.1. The van der Waals surface area contributed by atoms with Crippen molar-refractivity contribution < 1.29 is 19.0 Å². The first-order valence-corrected chi connectivity index (χ1v) is 7.18. The summed E-state index contributed by atoms with van der Waals surface area (Å²) in [7, 11) is 4.56. The predicted octanol–water partition coefficient (Wildman–Crippen LogP) is 2.70. The van der Waals surface area contributed by atoms with Gasteiger partial charge in [0.15, 0.2) is 11.5 Å². The average molecular weight is 307 g/mol. The molecule has 21 heavy (non-hydrogen) atoms. The van der Waals surface area contributed by atoms with E-state index >= 15 is 0 Å². The molecule has 0 saturated carbocycles. The summed E-state index contributed by atoms with van der Waals surface area (Å²) in [5, 5.41) is 4.83. The highest BCUT2D eigenvalue weighted by molar-refractivity contribution is 7.09. The number of hydrogen-bond acceptors (Lipinski definition) is 5. The quantitative estimate of drug-likeness (QED) is 0.891. The number of nitrogens with one attached hydrogen (secondary N) is 1. The van der Waals surface area contributed by atoms with Gasteiger partial charge < -0.3 is 19.5 Å². The minimum Gasteiger partial charge on any atom is -0.493 e. The van der Waals surface area contributed by atoms with Crippen molar-refractivity contribution in [2.75, 3.05) is 21.3 Å². The van der Waals surface area contributed by atoms with E-state index < -0.39 is 0 Å². The van der Waals surface area contributed by atoms with E-state index in [4.69, 9.17) is 14.2 Å². The van der Waals surface area contributed by atoms with Gasteiger partial charge in [-0.25, -0.2) is 0 Å². The van der Waals surface area contributed by atoms with E-state index in [-0.39, 0.29) is 5.91 Å². The summed E-state index contributed by atoms with van der Waals surface area (Å²) in [6, 6.07) is 7.18. The van der Waals surface area contributed by atoms with Crippen LogP contribution in [0, 0.1) is 0 Å². The van der Waals surface area contributed by atoms with Crippen molar-refractivity contribution in [2.24, 2.45) is 0 Å². The van der Waals surface area contributed by atoms with Crippen LogP contribution in [0.25, 0.3) is 0 Å². The van der Waals surface area contributed by atoms with E-state index in [9.17, 15) is 4.79 Å².